The Bertz CT molecular complexity index is 915. The van der Waals surface area contributed by atoms with Crippen LogP contribution in [0.3, 0.4) is 0 Å². The van der Waals surface area contributed by atoms with E-state index >= 15 is 0 Å². The van der Waals surface area contributed by atoms with Gasteiger partial charge in [-0.05, 0) is 24.6 Å². The first-order valence-corrected chi connectivity index (χ1v) is 8.72. The lowest BCUT2D eigenvalue weighted by molar-refractivity contribution is 1.14. The standard InChI is InChI=1S/C17H12ClNS2/c1-11-10-20-17-16(12-5-3-2-4-6-12)13(9-19(11)17)14-7-8-15(18)21-14/h2-10H,1H3. The van der Waals surface area contributed by atoms with Crippen molar-refractivity contribution in [2.75, 3.05) is 0 Å². The van der Waals surface area contributed by atoms with Crippen LogP contribution in [-0.2, 0) is 0 Å². The molecule has 0 atom stereocenters. The van der Waals surface area contributed by atoms with Crippen LogP contribution in [0, 0.1) is 6.92 Å². The minimum Gasteiger partial charge on any atom is -0.311 e. The second-order valence-corrected chi connectivity index (χ2v) is 7.51. The Kier molecular flexibility index (Phi) is 3.14. The topological polar surface area (TPSA) is 4.41 Å². The Balaban J connectivity index is 2.06. The molecule has 0 aliphatic rings. The van der Waals surface area contributed by atoms with Crippen molar-refractivity contribution in [1.82, 2.24) is 4.40 Å². The Morgan fingerprint density at radius 1 is 1.05 bits per heavy atom. The first-order valence-electron chi connectivity index (χ1n) is 6.64. The van der Waals surface area contributed by atoms with Gasteiger partial charge in [0, 0.05) is 33.3 Å². The van der Waals surface area contributed by atoms with E-state index in [1.165, 1.54) is 32.1 Å². The van der Waals surface area contributed by atoms with E-state index in [1.807, 2.05) is 6.07 Å². The molecule has 3 aromatic heterocycles. The second-order valence-electron chi connectivity index (χ2n) is 4.94. The molecule has 0 unspecified atom stereocenters. The summed E-state index contributed by atoms with van der Waals surface area (Å²) in [5.41, 5.74) is 5.07. The van der Waals surface area contributed by atoms with Crippen molar-refractivity contribution in [2.24, 2.45) is 0 Å². The zero-order valence-corrected chi connectivity index (χ0v) is 13.7. The number of halogens is 1. The highest BCUT2D eigenvalue weighted by molar-refractivity contribution is 7.19. The molecule has 0 spiro atoms. The Morgan fingerprint density at radius 3 is 2.57 bits per heavy atom. The predicted octanol–water partition coefficient (Wildman–Crippen LogP) is 6.36. The first kappa shape index (κ1) is 13.1. The molecule has 0 radical (unpaired) electrons. The summed E-state index contributed by atoms with van der Waals surface area (Å²) in [7, 11) is 0. The van der Waals surface area contributed by atoms with Gasteiger partial charge in [0.1, 0.15) is 4.83 Å². The van der Waals surface area contributed by atoms with Crippen LogP contribution in [0.2, 0.25) is 4.34 Å². The summed E-state index contributed by atoms with van der Waals surface area (Å²) in [6.07, 6.45) is 2.23. The van der Waals surface area contributed by atoms with Gasteiger partial charge >= 0.3 is 0 Å². The summed E-state index contributed by atoms with van der Waals surface area (Å²) in [6.45, 7) is 2.14. The fraction of sp³-hybridized carbons (Fsp3) is 0.0588. The summed E-state index contributed by atoms with van der Waals surface area (Å²) in [5.74, 6) is 0. The molecule has 4 rings (SSSR count). The molecule has 0 aliphatic carbocycles. The van der Waals surface area contributed by atoms with Crippen molar-refractivity contribution in [2.45, 2.75) is 6.92 Å². The number of thiazole rings is 1. The van der Waals surface area contributed by atoms with E-state index < -0.39 is 0 Å². The molecule has 1 nitrogen and oxygen atoms in total. The smallest absolute Gasteiger partial charge is 0.108 e. The van der Waals surface area contributed by atoms with Crippen molar-refractivity contribution in [1.29, 1.82) is 0 Å². The zero-order chi connectivity index (χ0) is 14.4. The van der Waals surface area contributed by atoms with Crippen molar-refractivity contribution >= 4 is 39.1 Å². The second kappa shape index (κ2) is 5.02. The number of aromatic nitrogens is 1. The lowest BCUT2D eigenvalue weighted by atomic mass is 10.0. The van der Waals surface area contributed by atoms with Crippen molar-refractivity contribution in [3.63, 3.8) is 0 Å². The summed E-state index contributed by atoms with van der Waals surface area (Å²) in [6, 6.07) is 14.6. The third kappa shape index (κ3) is 2.13. The maximum absolute atomic E-state index is 6.13. The van der Waals surface area contributed by atoms with Gasteiger partial charge in [-0.3, -0.25) is 0 Å². The monoisotopic (exact) mass is 329 g/mol. The molecule has 0 bridgehead atoms. The molecule has 3 heterocycles. The molecular weight excluding hydrogens is 318 g/mol. The fourth-order valence-corrected chi connectivity index (χ4v) is 4.70. The molecule has 0 saturated carbocycles. The Hall–Kier alpha value is -1.55. The Labute approximate surface area is 136 Å². The quantitative estimate of drug-likeness (QED) is 0.403. The minimum atomic E-state index is 0.829. The van der Waals surface area contributed by atoms with E-state index in [-0.39, 0.29) is 0 Å². The van der Waals surface area contributed by atoms with E-state index in [4.69, 9.17) is 11.6 Å². The molecule has 0 aliphatic heterocycles. The average molecular weight is 330 g/mol. The van der Waals surface area contributed by atoms with Gasteiger partial charge in [-0.15, -0.1) is 22.7 Å². The predicted molar refractivity (Wildman–Crippen MR) is 93.8 cm³/mol. The number of nitrogens with zero attached hydrogens (tertiary/aromatic N) is 1. The summed E-state index contributed by atoms with van der Waals surface area (Å²) in [5, 5.41) is 2.20. The molecule has 21 heavy (non-hydrogen) atoms. The third-order valence-electron chi connectivity index (χ3n) is 3.58. The number of hydrogen-bond donors (Lipinski definition) is 0. The number of benzene rings is 1. The maximum Gasteiger partial charge on any atom is 0.108 e. The number of thiophene rings is 1. The number of fused-ring (bicyclic) bond motifs is 1. The first-order chi connectivity index (χ1) is 10.2. The van der Waals surface area contributed by atoms with Crippen molar-refractivity contribution in [3.8, 4) is 21.6 Å². The number of aryl methyl sites for hydroxylation is 1. The van der Waals surface area contributed by atoms with Crippen LogP contribution >= 0.6 is 34.3 Å². The average Bonchev–Trinajstić information content (AvgIpc) is 3.16. The van der Waals surface area contributed by atoms with Gasteiger partial charge in [0.05, 0.1) is 4.34 Å². The highest BCUT2D eigenvalue weighted by atomic mass is 35.5. The van der Waals surface area contributed by atoms with Gasteiger partial charge in [-0.2, -0.15) is 0 Å². The SMILES string of the molecule is Cc1csc2c(-c3ccccc3)c(-c3ccc(Cl)s3)cn12. The summed E-state index contributed by atoms with van der Waals surface area (Å²) < 4.78 is 3.10. The van der Waals surface area contributed by atoms with Crippen molar-refractivity contribution in [3.05, 3.63) is 64.1 Å². The largest absolute Gasteiger partial charge is 0.311 e. The van der Waals surface area contributed by atoms with Crippen LogP contribution in [0.1, 0.15) is 5.69 Å². The number of hydrogen-bond acceptors (Lipinski definition) is 2. The minimum absolute atomic E-state index is 0.829. The van der Waals surface area contributed by atoms with Crippen LogP contribution in [-0.4, -0.2) is 4.40 Å². The summed E-state index contributed by atoms with van der Waals surface area (Å²) in [4.78, 5) is 2.51. The van der Waals surface area contributed by atoms with Crippen LogP contribution in [0.25, 0.3) is 26.4 Å². The van der Waals surface area contributed by atoms with Gasteiger partial charge < -0.3 is 4.40 Å². The Morgan fingerprint density at radius 2 is 1.86 bits per heavy atom. The maximum atomic E-state index is 6.13. The summed E-state index contributed by atoms with van der Waals surface area (Å²) >= 11 is 9.55. The number of rotatable bonds is 2. The van der Waals surface area contributed by atoms with Gasteiger partial charge in [0.25, 0.3) is 0 Å². The van der Waals surface area contributed by atoms with Crippen LogP contribution < -0.4 is 0 Å². The van der Waals surface area contributed by atoms with E-state index in [9.17, 15) is 0 Å². The van der Waals surface area contributed by atoms with Crippen molar-refractivity contribution < 1.29 is 0 Å². The molecule has 4 aromatic rings. The molecule has 104 valence electrons. The van der Waals surface area contributed by atoms with E-state index in [0.29, 0.717) is 0 Å². The van der Waals surface area contributed by atoms with Gasteiger partial charge in [-0.1, -0.05) is 41.9 Å². The molecular formula is C17H12ClNS2. The molecule has 1 aromatic carbocycles. The van der Waals surface area contributed by atoms with E-state index in [2.05, 4.69) is 59.3 Å². The van der Waals surface area contributed by atoms with Gasteiger partial charge in [0.15, 0.2) is 0 Å². The van der Waals surface area contributed by atoms with Gasteiger partial charge in [-0.25, -0.2) is 0 Å². The van der Waals surface area contributed by atoms with Crippen LogP contribution in [0.5, 0.6) is 0 Å². The molecule has 0 fully saturated rings. The zero-order valence-electron chi connectivity index (χ0n) is 11.3. The highest BCUT2D eigenvalue weighted by Crippen LogP contribution is 2.42. The molecule has 0 amide bonds. The lowest BCUT2D eigenvalue weighted by Gasteiger charge is -2.02. The van der Waals surface area contributed by atoms with Gasteiger partial charge in [0.2, 0.25) is 0 Å². The molecule has 0 saturated heterocycles. The van der Waals surface area contributed by atoms with E-state index in [0.717, 1.165) is 4.34 Å². The fourth-order valence-electron chi connectivity index (χ4n) is 2.59. The molecule has 4 heteroatoms. The highest BCUT2D eigenvalue weighted by Gasteiger charge is 2.17. The van der Waals surface area contributed by atoms with Crippen LogP contribution in [0.4, 0.5) is 0 Å². The third-order valence-corrected chi connectivity index (χ3v) is 5.93. The molecule has 0 N–H and O–H groups in total. The van der Waals surface area contributed by atoms with Crippen LogP contribution in [0.15, 0.2) is 54.0 Å². The van der Waals surface area contributed by atoms with E-state index in [1.54, 1.807) is 22.7 Å². The normalized spacial score (nSPS) is 11.3. The lowest BCUT2D eigenvalue weighted by Crippen LogP contribution is -1.78.